The summed E-state index contributed by atoms with van der Waals surface area (Å²) in [5.41, 5.74) is 5.39. The molecule has 0 radical (unpaired) electrons. The molecule has 0 bridgehead atoms. The highest BCUT2D eigenvalue weighted by Gasteiger charge is 2.53. The summed E-state index contributed by atoms with van der Waals surface area (Å²) in [5, 5.41) is 101. The fourth-order valence-electron chi connectivity index (χ4n) is 4.35. The topological polar surface area (TPSA) is 284 Å². The third kappa shape index (κ3) is 6.56. The van der Waals surface area contributed by atoms with Gasteiger partial charge in [0.2, 0.25) is 0 Å². The fourth-order valence-corrected chi connectivity index (χ4v) is 4.35. The molecule has 37 heavy (non-hydrogen) atoms. The Bertz CT molecular complexity index is 691. The van der Waals surface area contributed by atoms with Gasteiger partial charge in [0.25, 0.3) is 0 Å². The molecule has 17 heteroatoms. The molecule has 0 saturated carbocycles. The second-order valence-corrected chi connectivity index (χ2v) is 8.97. The van der Waals surface area contributed by atoms with Gasteiger partial charge in [-0.2, -0.15) is 0 Å². The predicted octanol–water partition coefficient (Wildman–Crippen LogP) is -7.59. The third-order valence-corrected chi connectivity index (χ3v) is 6.47. The van der Waals surface area contributed by atoms with Crippen LogP contribution in [0.25, 0.3) is 0 Å². The molecule has 218 valence electrons. The Balaban J connectivity index is 1.78. The van der Waals surface area contributed by atoms with E-state index in [4.69, 9.17) is 34.2 Å². The zero-order valence-electron chi connectivity index (χ0n) is 19.7. The van der Waals surface area contributed by atoms with Crippen molar-refractivity contribution in [3.8, 4) is 0 Å². The summed E-state index contributed by atoms with van der Waals surface area (Å²) in [6.07, 6.45) is -24.5. The van der Waals surface area contributed by atoms with E-state index in [9.17, 15) is 51.1 Å². The SMILES string of the molecule is NCCO[C@H]1OC(CO)[C@@H](O)[C@H](O[C@H]2OC(CO)[C@@H](O)[C@H](O[C@H]3OC(CO)[C@@H](O)[C@H](O)C3O)C2O)C1O. The van der Waals surface area contributed by atoms with Gasteiger partial charge in [-0.15, -0.1) is 0 Å². The minimum atomic E-state index is -1.90. The van der Waals surface area contributed by atoms with Crippen LogP contribution in [-0.2, 0) is 28.4 Å². The molecule has 17 nitrogen and oxygen atoms in total. The van der Waals surface area contributed by atoms with Crippen molar-refractivity contribution in [1.82, 2.24) is 0 Å². The molecule has 3 fully saturated rings. The summed E-state index contributed by atoms with van der Waals surface area (Å²) in [5.74, 6) is 0. The number of nitrogens with two attached hydrogens (primary N) is 1. The predicted molar refractivity (Wildman–Crippen MR) is 114 cm³/mol. The molecule has 0 aromatic rings. The lowest BCUT2D eigenvalue weighted by Gasteiger charge is -2.48. The van der Waals surface area contributed by atoms with Gasteiger partial charge in [-0.1, -0.05) is 0 Å². The van der Waals surface area contributed by atoms with Gasteiger partial charge < -0.3 is 85.2 Å². The molecular formula is C20H37NO16. The van der Waals surface area contributed by atoms with Crippen LogP contribution in [-0.4, -0.2) is 176 Å². The molecule has 0 aliphatic carbocycles. The highest BCUT2D eigenvalue weighted by molar-refractivity contribution is 4.96. The summed E-state index contributed by atoms with van der Waals surface area (Å²) in [7, 11) is 0. The molecule has 3 saturated heterocycles. The largest absolute Gasteiger partial charge is 0.394 e. The monoisotopic (exact) mass is 547 g/mol. The van der Waals surface area contributed by atoms with Gasteiger partial charge in [-0.05, 0) is 0 Å². The summed E-state index contributed by atoms with van der Waals surface area (Å²) >= 11 is 0. The van der Waals surface area contributed by atoms with Crippen LogP contribution >= 0.6 is 0 Å². The second-order valence-electron chi connectivity index (χ2n) is 8.97. The van der Waals surface area contributed by atoms with Crippen molar-refractivity contribution in [2.75, 3.05) is 33.0 Å². The van der Waals surface area contributed by atoms with E-state index in [1.165, 1.54) is 0 Å². The van der Waals surface area contributed by atoms with Crippen molar-refractivity contribution in [3.05, 3.63) is 0 Å². The number of rotatable bonds is 10. The van der Waals surface area contributed by atoms with Crippen LogP contribution in [0.4, 0.5) is 0 Å². The van der Waals surface area contributed by atoms with Crippen LogP contribution in [0.3, 0.4) is 0 Å². The van der Waals surface area contributed by atoms with Crippen LogP contribution in [0.1, 0.15) is 0 Å². The lowest BCUT2D eigenvalue weighted by Crippen LogP contribution is -2.67. The minimum absolute atomic E-state index is 0.0426. The standard InChI is InChI=1S/C20H37NO16/c21-1-2-32-18-14(30)16(10(26)7(4-23)33-18)37-20-15(31)17(11(27)8(5-24)35-20)36-19-13(29)12(28)9(25)6(3-22)34-19/h6-20,22-31H,1-5,21H2/t6?,7?,8?,9-,10-,11-,12+,13?,14?,15?,16+,17+,18+,19-,20-/m1/s1. The number of aliphatic hydroxyl groups is 10. The molecule has 0 aromatic carbocycles. The summed E-state index contributed by atoms with van der Waals surface area (Å²) in [4.78, 5) is 0. The van der Waals surface area contributed by atoms with Gasteiger partial charge in [0, 0.05) is 6.54 Å². The van der Waals surface area contributed by atoms with Crippen LogP contribution in [0.5, 0.6) is 0 Å². The van der Waals surface area contributed by atoms with Crippen molar-refractivity contribution in [3.63, 3.8) is 0 Å². The summed E-state index contributed by atoms with van der Waals surface area (Å²) in [6, 6.07) is 0. The minimum Gasteiger partial charge on any atom is -0.394 e. The molecule has 15 atom stereocenters. The highest BCUT2D eigenvalue weighted by atomic mass is 16.8. The lowest BCUT2D eigenvalue weighted by atomic mass is 9.96. The average Bonchev–Trinajstić information content (AvgIpc) is 2.89. The van der Waals surface area contributed by atoms with Crippen molar-refractivity contribution < 1.29 is 79.5 Å². The summed E-state index contributed by atoms with van der Waals surface area (Å²) < 4.78 is 32.3. The molecule has 3 aliphatic heterocycles. The van der Waals surface area contributed by atoms with Crippen LogP contribution in [0, 0.1) is 0 Å². The van der Waals surface area contributed by atoms with Gasteiger partial charge in [0.15, 0.2) is 18.9 Å². The van der Waals surface area contributed by atoms with Crippen molar-refractivity contribution in [2.24, 2.45) is 5.73 Å². The van der Waals surface area contributed by atoms with Crippen LogP contribution in [0.2, 0.25) is 0 Å². The average molecular weight is 548 g/mol. The van der Waals surface area contributed by atoms with E-state index in [2.05, 4.69) is 0 Å². The Morgan fingerprint density at radius 3 is 1.38 bits per heavy atom. The Morgan fingerprint density at radius 1 is 0.514 bits per heavy atom. The maximum Gasteiger partial charge on any atom is 0.187 e. The number of ether oxygens (including phenoxy) is 6. The highest BCUT2D eigenvalue weighted by Crippen LogP contribution is 2.32. The number of hydrogen-bond donors (Lipinski definition) is 11. The first kappa shape index (κ1) is 30.9. The first-order valence-electron chi connectivity index (χ1n) is 11.8. The second kappa shape index (κ2) is 13.6. The molecule has 3 rings (SSSR count). The van der Waals surface area contributed by atoms with E-state index in [1.54, 1.807) is 0 Å². The van der Waals surface area contributed by atoms with E-state index < -0.39 is 112 Å². The van der Waals surface area contributed by atoms with Gasteiger partial charge >= 0.3 is 0 Å². The van der Waals surface area contributed by atoms with Gasteiger partial charge in [0.1, 0.15) is 73.2 Å². The van der Waals surface area contributed by atoms with Crippen LogP contribution in [0.15, 0.2) is 0 Å². The normalized spacial score (nSPS) is 49.2. The maximum atomic E-state index is 10.9. The third-order valence-electron chi connectivity index (χ3n) is 6.47. The number of hydrogen-bond acceptors (Lipinski definition) is 17. The van der Waals surface area contributed by atoms with Gasteiger partial charge in [0.05, 0.1) is 26.4 Å². The Kier molecular flexibility index (Phi) is 11.3. The van der Waals surface area contributed by atoms with E-state index in [0.717, 1.165) is 0 Å². The molecule has 3 heterocycles. The Hall–Kier alpha value is -0.680. The smallest absolute Gasteiger partial charge is 0.187 e. The molecule has 12 N–H and O–H groups in total. The maximum absolute atomic E-state index is 10.9. The van der Waals surface area contributed by atoms with E-state index in [0.29, 0.717) is 0 Å². The Labute approximate surface area is 211 Å². The molecule has 3 aliphatic rings. The molecule has 6 unspecified atom stereocenters. The molecule has 0 spiro atoms. The zero-order valence-corrected chi connectivity index (χ0v) is 19.7. The molecular weight excluding hydrogens is 510 g/mol. The van der Waals surface area contributed by atoms with E-state index >= 15 is 0 Å². The zero-order chi connectivity index (χ0) is 27.4. The lowest BCUT2D eigenvalue weighted by molar-refractivity contribution is -0.380. The first-order chi connectivity index (χ1) is 17.6. The first-order valence-corrected chi connectivity index (χ1v) is 11.8. The molecule has 0 aromatic heterocycles. The van der Waals surface area contributed by atoms with Crippen molar-refractivity contribution in [2.45, 2.75) is 92.1 Å². The molecule has 0 amide bonds. The quantitative estimate of drug-likeness (QED) is 0.121. The van der Waals surface area contributed by atoms with Crippen LogP contribution < -0.4 is 5.73 Å². The summed E-state index contributed by atoms with van der Waals surface area (Å²) in [6.45, 7) is -2.22. The van der Waals surface area contributed by atoms with E-state index in [-0.39, 0.29) is 13.2 Å². The van der Waals surface area contributed by atoms with Gasteiger partial charge in [-0.25, -0.2) is 0 Å². The Morgan fingerprint density at radius 2 is 0.919 bits per heavy atom. The van der Waals surface area contributed by atoms with Gasteiger partial charge in [-0.3, -0.25) is 0 Å². The van der Waals surface area contributed by atoms with Crippen molar-refractivity contribution >= 4 is 0 Å². The van der Waals surface area contributed by atoms with Crippen molar-refractivity contribution in [1.29, 1.82) is 0 Å². The van der Waals surface area contributed by atoms with E-state index in [1.807, 2.05) is 0 Å². The fraction of sp³-hybridized carbons (Fsp3) is 1.00. The number of aliphatic hydroxyl groups excluding tert-OH is 10.